The Balaban J connectivity index is 1.30. The summed E-state index contributed by atoms with van der Waals surface area (Å²) in [6.45, 7) is 16.8. The van der Waals surface area contributed by atoms with Crippen molar-refractivity contribution < 1.29 is 24.5 Å². The lowest BCUT2D eigenvalue weighted by atomic mass is 9.34. The number of aromatic hydroxyl groups is 1. The zero-order valence-corrected chi connectivity index (χ0v) is 26.9. The van der Waals surface area contributed by atoms with Crippen LogP contribution in [0.2, 0.25) is 0 Å². The van der Waals surface area contributed by atoms with Gasteiger partial charge in [0.15, 0.2) is 0 Å². The fourth-order valence-electron chi connectivity index (χ4n) is 11.9. The first-order valence-corrected chi connectivity index (χ1v) is 16.4. The molecule has 0 amide bonds. The molecule has 8 atom stereocenters. The molecule has 0 saturated heterocycles. The van der Waals surface area contributed by atoms with E-state index in [0.717, 1.165) is 57.8 Å². The molecule has 0 aromatic heterocycles. The topological polar surface area (TPSA) is 83.8 Å². The summed E-state index contributed by atoms with van der Waals surface area (Å²) < 4.78 is 6.21. The van der Waals surface area contributed by atoms with E-state index in [1.165, 1.54) is 12.1 Å². The third-order valence-electron chi connectivity index (χ3n) is 14.1. The number of carboxylic acids is 1. The van der Waals surface area contributed by atoms with E-state index < -0.39 is 11.4 Å². The standard InChI is InChI=1S/C37H52O5/c1-32(2)20-21-37(31(40)41)19-14-27-35(6)16-12-25-33(3,4)29(42-30(39)23-8-10-24(38)11-9-23)15-18-34(25,5)26(35)13-17-36(27,7)28(37)22-32/h8-11,14,25-26,28-29,38H,12-13,15-22H2,1-7H3,(H,40,41)/t25-,26+,28-,29-,34-,35+,36+,37+/m0/s1. The highest BCUT2D eigenvalue weighted by molar-refractivity contribution is 5.89. The number of ether oxygens (including phenoxy) is 1. The first-order chi connectivity index (χ1) is 19.5. The number of hydrogen-bond donors (Lipinski definition) is 2. The number of aliphatic carboxylic acids is 1. The molecule has 5 aliphatic rings. The fraction of sp³-hybridized carbons (Fsp3) is 0.730. The molecule has 5 aliphatic carbocycles. The van der Waals surface area contributed by atoms with Gasteiger partial charge in [-0.2, -0.15) is 0 Å². The summed E-state index contributed by atoms with van der Waals surface area (Å²) >= 11 is 0. The Morgan fingerprint density at radius 1 is 0.786 bits per heavy atom. The summed E-state index contributed by atoms with van der Waals surface area (Å²) in [5.74, 6) is 0.406. The molecule has 5 nitrogen and oxygen atoms in total. The van der Waals surface area contributed by atoms with Crippen LogP contribution in [0.15, 0.2) is 35.9 Å². The first kappa shape index (κ1) is 29.8. The van der Waals surface area contributed by atoms with Crippen molar-refractivity contribution in [2.24, 2.45) is 50.2 Å². The smallest absolute Gasteiger partial charge is 0.338 e. The summed E-state index contributed by atoms with van der Waals surface area (Å²) in [7, 11) is 0. The van der Waals surface area contributed by atoms with Crippen LogP contribution < -0.4 is 0 Å². The second kappa shape index (κ2) is 9.35. The molecule has 2 N–H and O–H groups in total. The molecular weight excluding hydrogens is 524 g/mol. The average Bonchev–Trinajstić information content (AvgIpc) is 2.90. The molecule has 230 valence electrons. The molecule has 4 saturated carbocycles. The van der Waals surface area contributed by atoms with Gasteiger partial charge in [0.25, 0.3) is 0 Å². The average molecular weight is 577 g/mol. The predicted octanol–water partition coefficient (Wildman–Crippen LogP) is 8.80. The van der Waals surface area contributed by atoms with Crippen molar-refractivity contribution in [3.63, 3.8) is 0 Å². The number of hydrogen-bond acceptors (Lipinski definition) is 4. The molecule has 0 radical (unpaired) electrons. The molecule has 0 spiro atoms. The predicted molar refractivity (Wildman–Crippen MR) is 164 cm³/mol. The molecule has 5 heteroatoms. The van der Waals surface area contributed by atoms with E-state index >= 15 is 0 Å². The maximum absolute atomic E-state index is 13.1. The van der Waals surface area contributed by atoms with Gasteiger partial charge in [-0.3, -0.25) is 4.79 Å². The molecule has 1 aromatic carbocycles. The van der Waals surface area contributed by atoms with Gasteiger partial charge in [-0.25, -0.2) is 4.79 Å². The summed E-state index contributed by atoms with van der Waals surface area (Å²) in [5, 5.41) is 20.3. The minimum Gasteiger partial charge on any atom is -0.508 e. The summed E-state index contributed by atoms with van der Waals surface area (Å²) in [5.41, 5.74) is 1.57. The molecule has 0 bridgehead atoms. The van der Waals surface area contributed by atoms with Gasteiger partial charge in [-0.05, 0) is 128 Å². The van der Waals surface area contributed by atoms with Crippen LogP contribution in [-0.2, 0) is 9.53 Å². The van der Waals surface area contributed by atoms with Crippen LogP contribution in [0.25, 0.3) is 0 Å². The number of phenols is 1. The van der Waals surface area contributed by atoms with E-state index in [0.29, 0.717) is 23.8 Å². The zero-order chi connectivity index (χ0) is 30.5. The minimum atomic E-state index is -0.625. The summed E-state index contributed by atoms with van der Waals surface area (Å²) in [4.78, 5) is 26.1. The van der Waals surface area contributed by atoms with E-state index in [-0.39, 0.29) is 50.8 Å². The van der Waals surface area contributed by atoms with Crippen LogP contribution in [0.3, 0.4) is 0 Å². The Labute approximate surface area is 252 Å². The van der Waals surface area contributed by atoms with E-state index in [1.807, 2.05) is 0 Å². The number of carbonyl (C=O) groups is 2. The number of allylic oxidation sites excluding steroid dienone is 2. The maximum atomic E-state index is 13.1. The van der Waals surface area contributed by atoms with Gasteiger partial charge in [0.2, 0.25) is 0 Å². The van der Waals surface area contributed by atoms with Crippen LogP contribution in [0.4, 0.5) is 0 Å². The van der Waals surface area contributed by atoms with Gasteiger partial charge in [0.05, 0.1) is 11.0 Å². The monoisotopic (exact) mass is 576 g/mol. The number of esters is 1. The number of fused-ring (bicyclic) bond motifs is 7. The van der Waals surface area contributed by atoms with Gasteiger partial charge >= 0.3 is 11.9 Å². The van der Waals surface area contributed by atoms with Crippen molar-refractivity contribution in [2.45, 2.75) is 119 Å². The van der Waals surface area contributed by atoms with Crippen molar-refractivity contribution in [1.82, 2.24) is 0 Å². The molecule has 42 heavy (non-hydrogen) atoms. The van der Waals surface area contributed by atoms with Crippen LogP contribution in [-0.4, -0.2) is 28.3 Å². The molecule has 6 rings (SSSR count). The Kier molecular flexibility index (Phi) is 6.62. The minimum absolute atomic E-state index is 0.0656. The second-order valence-corrected chi connectivity index (χ2v) is 17.0. The van der Waals surface area contributed by atoms with Gasteiger partial charge in [0, 0.05) is 5.41 Å². The van der Waals surface area contributed by atoms with Crippen molar-refractivity contribution in [1.29, 1.82) is 0 Å². The molecule has 1 aromatic rings. The Morgan fingerprint density at radius 3 is 2.05 bits per heavy atom. The molecule has 0 unspecified atom stereocenters. The van der Waals surface area contributed by atoms with E-state index in [9.17, 15) is 19.8 Å². The van der Waals surface area contributed by atoms with Crippen LogP contribution in [0.1, 0.15) is 123 Å². The summed E-state index contributed by atoms with van der Waals surface area (Å²) in [6.07, 6.45) is 12.0. The van der Waals surface area contributed by atoms with Crippen molar-refractivity contribution in [3.05, 3.63) is 41.5 Å². The Bertz CT molecular complexity index is 1310. The second-order valence-electron chi connectivity index (χ2n) is 17.0. The quantitative estimate of drug-likeness (QED) is 0.277. The SMILES string of the molecule is CC1(C)CC[C@]2(C(=O)O)CC=C3[C@]4(C)CC[C@H]5C(C)(C)[C@@H](OC(=O)c6ccc(O)cc6)CC[C@]5(C)[C@H]4CC[C@@]3(C)[C@@H]2C1. The highest BCUT2D eigenvalue weighted by Gasteiger charge is 2.68. The van der Waals surface area contributed by atoms with Crippen LogP contribution >= 0.6 is 0 Å². The van der Waals surface area contributed by atoms with Crippen LogP contribution in [0.5, 0.6) is 5.75 Å². The number of benzene rings is 1. The fourth-order valence-corrected chi connectivity index (χ4v) is 11.9. The number of carboxylic acid groups (broad SMARTS) is 1. The first-order valence-electron chi connectivity index (χ1n) is 16.4. The number of phenolic OH excluding ortho intramolecular Hbond substituents is 1. The zero-order valence-electron chi connectivity index (χ0n) is 26.9. The maximum Gasteiger partial charge on any atom is 0.338 e. The van der Waals surface area contributed by atoms with Crippen molar-refractivity contribution >= 4 is 11.9 Å². The highest BCUT2D eigenvalue weighted by atomic mass is 16.5. The lowest BCUT2D eigenvalue weighted by Gasteiger charge is -2.70. The van der Waals surface area contributed by atoms with Gasteiger partial charge in [0.1, 0.15) is 11.9 Å². The van der Waals surface area contributed by atoms with Crippen LogP contribution in [0, 0.1) is 50.2 Å². The normalized spacial score (nSPS) is 43.5. The van der Waals surface area contributed by atoms with E-state index in [2.05, 4.69) is 54.5 Å². The third kappa shape index (κ3) is 4.07. The van der Waals surface area contributed by atoms with Gasteiger partial charge in [-0.1, -0.05) is 60.1 Å². The van der Waals surface area contributed by atoms with E-state index in [1.54, 1.807) is 17.7 Å². The molecule has 0 aliphatic heterocycles. The molecule has 4 fully saturated rings. The highest BCUT2D eigenvalue weighted by Crippen LogP contribution is 2.75. The Hall–Kier alpha value is -2.30. The van der Waals surface area contributed by atoms with E-state index in [4.69, 9.17) is 4.74 Å². The lowest BCUT2D eigenvalue weighted by molar-refractivity contribution is -0.190. The largest absolute Gasteiger partial charge is 0.508 e. The summed E-state index contributed by atoms with van der Waals surface area (Å²) in [6, 6.07) is 6.33. The number of rotatable bonds is 3. The van der Waals surface area contributed by atoms with Crippen molar-refractivity contribution in [2.75, 3.05) is 0 Å². The molecular formula is C37H52O5. The van der Waals surface area contributed by atoms with Gasteiger partial charge in [-0.15, -0.1) is 0 Å². The molecule has 0 heterocycles. The third-order valence-corrected chi connectivity index (χ3v) is 14.1. The van der Waals surface area contributed by atoms with Crippen molar-refractivity contribution in [3.8, 4) is 5.75 Å². The Morgan fingerprint density at radius 2 is 1.40 bits per heavy atom. The lowest BCUT2D eigenvalue weighted by Crippen LogP contribution is -2.64. The van der Waals surface area contributed by atoms with Gasteiger partial charge < -0.3 is 14.9 Å². The number of carbonyl (C=O) groups excluding carboxylic acids is 1.